The van der Waals surface area contributed by atoms with Gasteiger partial charge in [0, 0.05) is 10.8 Å². The molecule has 0 radical (unpaired) electrons. The molecular weight excluding hydrogens is 320 g/mol. The molecule has 1 N–H and O–H groups in total. The number of rotatable bonds is 3. The largest absolute Gasteiger partial charge is 0.465 e. The van der Waals surface area contributed by atoms with Crippen molar-refractivity contribution in [2.24, 2.45) is 0 Å². The van der Waals surface area contributed by atoms with E-state index in [1.165, 1.54) is 16.9 Å². The predicted octanol–water partition coefficient (Wildman–Crippen LogP) is 4.59. The van der Waals surface area contributed by atoms with Crippen LogP contribution in [-0.4, -0.2) is 10.9 Å². The van der Waals surface area contributed by atoms with Crippen LogP contribution < -0.4 is 5.32 Å². The third kappa shape index (κ3) is 2.78. The summed E-state index contributed by atoms with van der Waals surface area (Å²) >= 11 is 1.41. The highest BCUT2D eigenvalue weighted by Crippen LogP contribution is 2.28. The minimum atomic E-state index is -0.104. The zero-order valence-corrected chi connectivity index (χ0v) is 14.2. The summed E-state index contributed by atoms with van der Waals surface area (Å²) in [5.41, 5.74) is 2.15. The SMILES string of the molecule is Cc1ccc2nc3sc(C(=O)NCc4ccc(C)o4)cc3cc2c1. The topological polar surface area (TPSA) is 55.1 Å². The number of hydrogen-bond donors (Lipinski definition) is 1. The first kappa shape index (κ1) is 14.9. The number of thiophene rings is 1. The van der Waals surface area contributed by atoms with Gasteiger partial charge in [-0.25, -0.2) is 4.98 Å². The molecule has 0 saturated carbocycles. The maximum absolute atomic E-state index is 12.4. The Balaban J connectivity index is 1.61. The number of benzene rings is 1. The Bertz CT molecular complexity index is 1060. The quantitative estimate of drug-likeness (QED) is 0.595. The minimum Gasteiger partial charge on any atom is -0.465 e. The van der Waals surface area contributed by atoms with Gasteiger partial charge in [-0.05, 0) is 50.2 Å². The average Bonchev–Trinajstić information content (AvgIpc) is 3.16. The number of nitrogens with one attached hydrogen (secondary N) is 1. The second-order valence-corrected chi connectivity index (χ2v) is 6.92. The second kappa shape index (κ2) is 5.76. The molecule has 0 aliphatic carbocycles. The number of furan rings is 1. The molecule has 0 aliphatic heterocycles. The molecule has 0 unspecified atom stereocenters. The summed E-state index contributed by atoms with van der Waals surface area (Å²) in [4.78, 5) is 18.6. The van der Waals surface area contributed by atoms with Gasteiger partial charge in [0.2, 0.25) is 0 Å². The molecule has 0 atom stereocenters. The Hall–Kier alpha value is -2.66. The lowest BCUT2D eigenvalue weighted by Crippen LogP contribution is -2.21. The molecular formula is C19H16N2O2S. The fraction of sp³-hybridized carbons (Fsp3) is 0.158. The maximum Gasteiger partial charge on any atom is 0.261 e. The summed E-state index contributed by atoms with van der Waals surface area (Å²) in [6, 6.07) is 13.9. The monoisotopic (exact) mass is 336 g/mol. The van der Waals surface area contributed by atoms with Gasteiger partial charge < -0.3 is 9.73 Å². The first-order valence-corrected chi connectivity index (χ1v) is 8.54. The first-order valence-electron chi connectivity index (χ1n) is 7.73. The Morgan fingerprint density at radius 1 is 1.12 bits per heavy atom. The summed E-state index contributed by atoms with van der Waals surface area (Å²) in [6.07, 6.45) is 0. The molecule has 0 spiro atoms. The molecule has 4 rings (SSSR count). The van der Waals surface area contributed by atoms with Crippen LogP contribution in [0.4, 0.5) is 0 Å². The molecule has 120 valence electrons. The van der Waals surface area contributed by atoms with Crippen molar-refractivity contribution in [1.29, 1.82) is 0 Å². The fourth-order valence-electron chi connectivity index (χ4n) is 2.70. The van der Waals surface area contributed by atoms with Crippen molar-refractivity contribution in [3.63, 3.8) is 0 Å². The smallest absolute Gasteiger partial charge is 0.261 e. The molecule has 3 heterocycles. The number of aryl methyl sites for hydroxylation is 2. The minimum absolute atomic E-state index is 0.104. The van der Waals surface area contributed by atoms with Gasteiger partial charge in [0.25, 0.3) is 5.91 Å². The van der Waals surface area contributed by atoms with E-state index in [0.717, 1.165) is 32.6 Å². The predicted molar refractivity (Wildman–Crippen MR) is 96.5 cm³/mol. The Labute approximate surface area is 143 Å². The molecule has 1 aromatic carbocycles. The van der Waals surface area contributed by atoms with Crippen LogP contribution in [0.2, 0.25) is 0 Å². The molecule has 4 nitrogen and oxygen atoms in total. The fourth-order valence-corrected chi connectivity index (χ4v) is 3.64. The van der Waals surface area contributed by atoms with Gasteiger partial charge >= 0.3 is 0 Å². The summed E-state index contributed by atoms with van der Waals surface area (Å²) in [7, 11) is 0. The molecule has 0 aliphatic rings. The molecule has 0 bridgehead atoms. The van der Waals surface area contributed by atoms with Crippen LogP contribution in [0.3, 0.4) is 0 Å². The number of hydrogen-bond acceptors (Lipinski definition) is 4. The lowest BCUT2D eigenvalue weighted by Gasteiger charge is -2.00. The van der Waals surface area contributed by atoms with Crippen molar-refractivity contribution >= 4 is 38.4 Å². The molecule has 0 fully saturated rings. The van der Waals surface area contributed by atoms with Gasteiger partial charge in [-0.3, -0.25) is 4.79 Å². The summed E-state index contributed by atoms with van der Waals surface area (Å²) in [6.45, 7) is 4.33. The lowest BCUT2D eigenvalue weighted by atomic mass is 10.1. The molecule has 1 amide bonds. The standard InChI is InChI=1S/C19H16N2O2S/c1-11-3-6-16-13(7-11)8-14-9-17(24-19(14)21-16)18(22)20-10-15-5-4-12(2)23-15/h3-9H,10H2,1-2H3,(H,20,22). The van der Waals surface area contributed by atoms with E-state index >= 15 is 0 Å². The molecule has 5 heteroatoms. The number of aromatic nitrogens is 1. The Morgan fingerprint density at radius 3 is 2.79 bits per heavy atom. The van der Waals surface area contributed by atoms with E-state index in [2.05, 4.69) is 29.4 Å². The van der Waals surface area contributed by atoms with Crippen molar-refractivity contribution in [3.8, 4) is 0 Å². The van der Waals surface area contributed by atoms with Crippen LogP contribution in [-0.2, 0) is 6.54 Å². The van der Waals surface area contributed by atoms with Gasteiger partial charge in [0.05, 0.1) is 16.9 Å². The van der Waals surface area contributed by atoms with E-state index in [1.807, 2.05) is 37.3 Å². The van der Waals surface area contributed by atoms with E-state index in [1.54, 1.807) is 0 Å². The highest BCUT2D eigenvalue weighted by Gasteiger charge is 2.12. The number of carbonyl (C=O) groups is 1. The van der Waals surface area contributed by atoms with Crippen LogP contribution in [0.1, 0.15) is 26.8 Å². The van der Waals surface area contributed by atoms with Crippen LogP contribution in [0.15, 0.2) is 46.9 Å². The number of carbonyl (C=O) groups excluding carboxylic acids is 1. The summed E-state index contributed by atoms with van der Waals surface area (Å²) in [5.74, 6) is 1.49. The van der Waals surface area contributed by atoms with Crippen LogP contribution >= 0.6 is 11.3 Å². The second-order valence-electron chi connectivity index (χ2n) is 5.88. The van der Waals surface area contributed by atoms with Crippen molar-refractivity contribution < 1.29 is 9.21 Å². The Morgan fingerprint density at radius 2 is 2.00 bits per heavy atom. The normalized spacial score (nSPS) is 11.2. The Kier molecular flexibility index (Phi) is 3.58. The van der Waals surface area contributed by atoms with E-state index in [-0.39, 0.29) is 5.91 Å². The highest BCUT2D eigenvalue weighted by molar-refractivity contribution is 7.20. The first-order chi connectivity index (χ1) is 11.6. The van der Waals surface area contributed by atoms with Crippen LogP contribution in [0.5, 0.6) is 0 Å². The number of nitrogens with zero attached hydrogens (tertiary/aromatic N) is 1. The third-order valence-corrected chi connectivity index (χ3v) is 4.94. The van der Waals surface area contributed by atoms with E-state index in [0.29, 0.717) is 11.4 Å². The zero-order valence-electron chi connectivity index (χ0n) is 13.4. The van der Waals surface area contributed by atoms with E-state index in [4.69, 9.17) is 4.42 Å². The number of pyridine rings is 1. The van der Waals surface area contributed by atoms with Crippen LogP contribution in [0.25, 0.3) is 21.1 Å². The van der Waals surface area contributed by atoms with Crippen molar-refractivity contribution in [1.82, 2.24) is 10.3 Å². The van der Waals surface area contributed by atoms with Gasteiger partial charge in [-0.2, -0.15) is 0 Å². The van der Waals surface area contributed by atoms with E-state index in [9.17, 15) is 4.79 Å². The molecule has 24 heavy (non-hydrogen) atoms. The number of amides is 1. The van der Waals surface area contributed by atoms with Crippen molar-refractivity contribution in [2.75, 3.05) is 0 Å². The van der Waals surface area contributed by atoms with E-state index < -0.39 is 0 Å². The van der Waals surface area contributed by atoms with Gasteiger partial charge in [-0.1, -0.05) is 11.6 Å². The van der Waals surface area contributed by atoms with Crippen molar-refractivity contribution in [2.45, 2.75) is 20.4 Å². The number of fused-ring (bicyclic) bond motifs is 2. The van der Waals surface area contributed by atoms with Crippen molar-refractivity contribution in [3.05, 3.63) is 64.4 Å². The van der Waals surface area contributed by atoms with Crippen LogP contribution in [0, 0.1) is 13.8 Å². The molecule has 0 saturated heterocycles. The highest BCUT2D eigenvalue weighted by atomic mass is 32.1. The molecule has 4 aromatic rings. The van der Waals surface area contributed by atoms with Gasteiger partial charge in [0.15, 0.2) is 0 Å². The lowest BCUT2D eigenvalue weighted by molar-refractivity contribution is 0.0952. The summed E-state index contributed by atoms with van der Waals surface area (Å²) < 4.78 is 5.47. The van der Waals surface area contributed by atoms with Gasteiger partial charge in [-0.15, -0.1) is 11.3 Å². The average molecular weight is 336 g/mol. The third-order valence-electron chi connectivity index (χ3n) is 3.90. The maximum atomic E-state index is 12.4. The summed E-state index contributed by atoms with van der Waals surface area (Å²) in [5, 5.41) is 4.98. The zero-order chi connectivity index (χ0) is 16.7. The molecule has 3 aromatic heterocycles. The van der Waals surface area contributed by atoms with Gasteiger partial charge in [0.1, 0.15) is 16.4 Å².